The number of ether oxygens (including phenoxy) is 1. The van der Waals surface area contributed by atoms with Crippen LogP contribution in [0.5, 0.6) is 0 Å². The van der Waals surface area contributed by atoms with Crippen molar-refractivity contribution in [3.8, 4) is 11.3 Å². The Morgan fingerprint density at radius 3 is 2.37 bits per heavy atom. The molecule has 13 heteroatoms. The zero-order valence-electron chi connectivity index (χ0n) is 21.7. The van der Waals surface area contributed by atoms with Gasteiger partial charge in [-0.3, -0.25) is 19.2 Å². The summed E-state index contributed by atoms with van der Waals surface area (Å²) in [6.45, 7) is 1.29. The number of nitrogens with zero attached hydrogens (tertiary/aromatic N) is 3. The third-order valence-corrected chi connectivity index (χ3v) is 7.47. The Morgan fingerprint density at radius 1 is 1.00 bits per heavy atom. The van der Waals surface area contributed by atoms with Gasteiger partial charge in [0.2, 0.25) is 0 Å². The molecule has 0 aliphatic heterocycles. The summed E-state index contributed by atoms with van der Waals surface area (Å²) in [5, 5.41) is 15.3. The number of nitro groups is 1. The maximum absolute atomic E-state index is 13.5. The third-order valence-electron chi connectivity index (χ3n) is 5.65. The van der Waals surface area contributed by atoms with Crippen LogP contribution in [0.1, 0.15) is 23.0 Å². The zero-order valence-corrected chi connectivity index (χ0v) is 22.5. The van der Waals surface area contributed by atoms with Crippen molar-refractivity contribution in [2.75, 3.05) is 17.5 Å². The number of anilines is 1. The van der Waals surface area contributed by atoms with E-state index < -0.39 is 44.0 Å². The second-order valence-electron chi connectivity index (χ2n) is 8.37. The van der Waals surface area contributed by atoms with Gasteiger partial charge in [0.25, 0.3) is 21.6 Å². The molecular weight excluding hydrogens is 552 g/mol. The quantitative estimate of drug-likeness (QED) is 0.119. The highest BCUT2D eigenvalue weighted by Gasteiger charge is 2.33. The maximum atomic E-state index is 13.5. The molecule has 0 spiro atoms. The summed E-state index contributed by atoms with van der Waals surface area (Å²) in [6, 6.07) is 22.6. The number of furan rings is 1. The van der Waals surface area contributed by atoms with E-state index in [0.717, 1.165) is 16.4 Å². The summed E-state index contributed by atoms with van der Waals surface area (Å²) in [6.07, 6.45) is 1.23. The molecule has 0 bridgehead atoms. The topological polar surface area (TPSA) is 161 Å². The Morgan fingerprint density at radius 2 is 1.68 bits per heavy atom. The van der Waals surface area contributed by atoms with Gasteiger partial charge in [0.1, 0.15) is 18.1 Å². The van der Waals surface area contributed by atoms with E-state index >= 15 is 0 Å². The highest BCUT2D eigenvalue weighted by molar-refractivity contribution is 7.93. The molecule has 0 unspecified atom stereocenters. The van der Waals surface area contributed by atoms with Crippen molar-refractivity contribution in [2.45, 2.75) is 11.8 Å². The minimum atomic E-state index is -4.51. The van der Waals surface area contributed by atoms with Gasteiger partial charge in [-0.25, -0.2) is 18.6 Å². The van der Waals surface area contributed by atoms with Gasteiger partial charge in [-0.2, -0.15) is 5.10 Å². The largest absolute Gasteiger partial charge is 0.462 e. The Balaban J connectivity index is 1.47. The van der Waals surface area contributed by atoms with Crippen molar-refractivity contribution in [1.29, 1.82) is 0 Å². The molecule has 0 saturated heterocycles. The number of nitro benzene ring substituents is 1. The first-order valence-electron chi connectivity index (χ1n) is 12.2. The number of carbonyl (C=O) groups is 2. The first-order valence-corrected chi connectivity index (χ1v) is 13.6. The minimum Gasteiger partial charge on any atom is -0.462 e. The molecular formula is C28H24N4O8S. The molecule has 4 aromatic rings. The van der Waals surface area contributed by atoms with Crippen LogP contribution >= 0.6 is 0 Å². The fraction of sp³-hybridized carbons (Fsp3) is 0.107. The third kappa shape index (κ3) is 6.83. The Hall–Kier alpha value is -5.30. The molecule has 1 heterocycles. The van der Waals surface area contributed by atoms with Crippen molar-refractivity contribution in [1.82, 2.24) is 5.43 Å². The van der Waals surface area contributed by atoms with Crippen molar-refractivity contribution in [3.05, 3.63) is 112 Å². The molecule has 0 aliphatic rings. The standard InChI is InChI=1S/C28H24N4O8S/c1-2-39-28(34)21-14-12-20(13-15-21)25-17-16-23(40-25)18-29-30-27(33)19-31(22-8-4-3-5-9-22)41(37,38)26-11-7-6-10-24(26)32(35)36/h3-18H,2,19H2,1H3,(H,30,33)/b29-18+. The van der Waals surface area contributed by atoms with Crippen LogP contribution in [0.4, 0.5) is 11.4 Å². The molecule has 12 nitrogen and oxygen atoms in total. The Labute approximate surface area is 235 Å². The molecule has 0 radical (unpaired) electrons. The van der Waals surface area contributed by atoms with Gasteiger partial charge in [0.05, 0.1) is 29.0 Å². The van der Waals surface area contributed by atoms with Gasteiger partial charge in [-0.05, 0) is 49.4 Å². The molecule has 0 aliphatic carbocycles. The van der Waals surface area contributed by atoms with E-state index in [0.29, 0.717) is 22.6 Å². The number of nitrogens with one attached hydrogen (secondary N) is 1. The number of rotatable bonds is 11. The summed E-state index contributed by atoms with van der Waals surface area (Å²) in [5.74, 6) is -0.447. The van der Waals surface area contributed by atoms with Crippen LogP contribution in [0.25, 0.3) is 11.3 Å². The molecule has 1 aromatic heterocycles. The summed E-state index contributed by atoms with van der Waals surface area (Å²) < 4.78 is 38.4. The number of sulfonamides is 1. The van der Waals surface area contributed by atoms with Crippen LogP contribution in [-0.2, 0) is 19.6 Å². The molecule has 1 N–H and O–H groups in total. The Bertz CT molecular complexity index is 1680. The molecule has 3 aromatic carbocycles. The maximum Gasteiger partial charge on any atom is 0.338 e. The number of para-hydroxylation sites is 2. The molecule has 0 fully saturated rings. The SMILES string of the molecule is CCOC(=O)c1ccc(-c2ccc(/C=N/NC(=O)CN(c3ccccc3)S(=O)(=O)c3ccccc3[N+](=O)[O-])o2)cc1. The number of hydrogen-bond donors (Lipinski definition) is 1. The zero-order chi connectivity index (χ0) is 29.4. The average molecular weight is 577 g/mol. The van der Waals surface area contributed by atoms with E-state index in [1.807, 2.05) is 0 Å². The van der Waals surface area contributed by atoms with Crippen molar-refractivity contribution >= 4 is 39.5 Å². The van der Waals surface area contributed by atoms with Gasteiger partial charge in [-0.1, -0.05) is 42.5 Å². The lowest BCUT2D eigenvalue weighted by Crippen LogP contribution is -2.39. The lowest BCUT2D eigenvalue weighted by Gasteiger charge is -2.23. The molecule has 0 saturated carbocycles. The first-order chi connectivity index (χ1) is 19.7. The van der Waals surface area contributed by atoms with E-state index in [2.05, 4.69) is 10.5 Å². The summed E-state index contributed by atoms with van der Waals surface area (Å²) >= 11 is 0. The van der Waals surface area contributed by atoms with E-state index in [1.54, 1.807) is 61.5 Å². The number of esters is 1. The van der Waals surface area contributed by atoms with E-state index in [4.69, 9.17) is 9.15 Å². The molecule has 210 valence electrons. The van der Waals surface area contributed by atoms with Gasteiger partial charge >= 0.3 is 5.97 Å². The smallest absolute Gasteiger partial charge is 0.338 e. The van der Waals surface area contributed by atoms with Crippen LogP contribution in [-0.4, -0.2) is 44.6 Å². The first kappa shape index (κ1) is 28.7. The molecule has 4 rings (SSSR count). The molecule has 0 atom stereocenters. The van der Waals surface area contributed by atoms with Crippen molar-refractivity contribution in [3.63, 3.8) is 0 Å². The van der Waals surface area contributed by atoms with Gasteiger partial charge in [-0.15, -0.1) is 0 Å². The molecule has 41 heavy (non-hydrogen) atoms. The highest BCUT2D eigenvalue weighted by Crippen LogP contribution is 2.29. The highest BCUT2D eigenvalue weighted by atomic mass is 32.2. The van der Waals surface area contributed by atoms with Gasteiger partial charge in [0, 0.05) is 11.6 Å². The number of carbonyl (C=O) groups excluding carboxylic acids is 2. The normalized spacial score (nSPS) is 11.2. The minimum absolute atomic E-state index is 0.134. The van der Waals surface area contributed by atoms with Crippen LogP contribution in [0.3, 0.4) is 0 Å². The summed E-state index contributed by atoms with van der Waals surface area (Å²) in [7, 11) is -4.51. The lowest BCUT2D eigenvalue weighted by atomic mass is 10.1. The second-order valence-corrected chi connectivity index (χ2v) is 10.2. The van der Waals surface area contributed by atoms with Crippen molar-refractivity contribution in [2.24, 2.45) is 5.10 Å². The predicted octanol–water partition coefficient (Wildman–Crippen LogP) is 4.38. The van der Waals surface area contributed by atoms with Crippen LogP contribution in [0.2, 0.25) is 0 Å². The fourth-order valence-electron chi connectivity index (χ4n) is 3.75. The van der Waals surface area contributed by atoms with E-state index in [-0.39, 0.29) is 12.3 Å². The lowest BCUT2D eigenvalue weighted by molar-refractivity contribution is -0.387. The molecule has 1 amide bonds. The van der Waals surface area contributed by atoms with E-state index in [1.165, 1.54) is 30.5 Å². The average Bonchev–Trinajstić information content (AvgIpc) is 3.45. The monoisotopic (exact) mass is 576 g/mol. The number of amides is 1. The number of benzene rings is 3. The van der Waals surface area contributed by atoms with Crippen LogP contribution in [0.15, 0.2) is 105 Å². The Kier molecular flexibility index (Phi) is 8.89. The summed E-state index contributed by atoms with van der Waals surface area (Å²) in [5.41, 5.74) is 2.87. The number of hydrazone groups is 1. The second kappa shape index (κ2) is 12.7. The predicted molar refractivity (Wildman–Crippen MR) is 150 cm³/mol. The summed E-state index contributed by atoms with van der Waals surface area (Å²) in [4.78, 5) is 34.7. The van der Waals surface area contributed by atoms with Gasteiger partial charge in [0.15, 0.2) is 4.90 Å². The van der Waals surface area contributed by atoms with Crippen LogP contribution in [0, 0.1) is 10.1 Å². The fourth-order valence-corrected chi connectivity index (χ4v) is 5.33. The van der Waals surface area contributed by atoms with Crippen LogP contribution < -0.4 is 9.73 Å². The van der Waals surface area contributed by atoms with E-state index in [9.17, 15) is 28.1 Å². The number of hydrogen-bond acceptors (Lipinski definition) is 9. The van der Waals surface area contributed by atoms with Crippen molar-refractivity contribution < 1.29 is 32.1 Å². The van der Waals surface area contributed by atoms with Gasteiger partial charge < -0.3 is 9.15 Å².